The van der Waals surface area contributed by atoms with Gasteiger partial charge < -0.3 is 4.74 Å². The second-order valence-electron chi connectivity index (χ2n) is 7.38. The lowest BCUT2D eigenvalue weighted by Gasteiger charge is -2.18. The maximum Gasteiger partial charge on any atom is 0.413 e. The summed E-state index contributed by atoms with van der Waals surface area (Å²) >= 11 is 1.19. The zero-order valence-electron chi connectivity index (χ0n) is 17.5. The topological polar surface area (TPSA) is 110 Å². The molecule has 0 saturated heterocycles. The van der Waals surface area contributed by atoms with Gasteiger partial charge in [0, 0.05) is 18.0 Å². The maximum atomic E-state index is 12.4. The van der Waals surface area contributed by atoms with Gasteiger partial charge in [0.1, 0.15) is 5.60 Å². The van der Waals surface area contributed by atoms with Gasteiger partial charge in [-0.15, -0.1) is 0 Å². The van der Waals surface area contributed by atoms with Crippen molar-refractivity contribution in [3.05, 3.63) is 71.0 Å². The van der Waals surface area contributed by atoms with E-state index in [-0.39, 0.29) is 5.56 Å². The highest BCUT2D eigenvalue weighted by Gasteiger charge is 2.17. The summed E-state index contributed by atoms with van der Waals surface area (Å²) in [5.74, 6) is 5.30. The molecule has 0 aliphatic rings. The van der Waals surface area contributed by atoms with Crippen molar-refractivity contribution in [3.8, 4) is 11.8 Å². The highest BCUT2D eigenvalue weighted by atomic mass is 32.2. The van der Waals surface area contributed by atoms with Crippen molar-refractivity contribution in [2.45, 2.75) is 31.3 Å². The smallest absolute Gasteiger partial charge is 0.413 e. The Kier molecular flexibility index (Phi) is 7.35. The maximum absolute atomic E-state index is 12.4. The van der Waals surface area contributed by atoms with Crippen LogP contribution < -0.4 is 10.0 Å². The molecule has 10 heteroatoms. The van der Waals surface area contributed by atoms with E-state index in [0.717, 1.165) is 0 Å². The summed E-state index contributed by atoms with van der Waals surface area (Å²) in [6.45, 7) is 5.31. The molecule has 2 N–H and O–H groups in total. The number of benzene rings is 1. The Bertz CT molecular complexity index is 1210. The first-order valence-electron chi connectivity index (χ1n) is 9.40. The van der Waals surface area contributed by atoms with Gasteiger partial charge in [0.25, 0.3) is 5.91 Å². The van der Waals surface area contributed by atoms with Crippen LogP contribution in [0.25, 0.3) is 0 Å². The van der Waals surface area contributed by atoms with Gasteiger partial charge in [-0.25, -0.2) is 14.0 Å². The monoisotopic (exact) mass is 468 g/mol. The largest absolute Gasteiger partial charge is 0.444 e. The van der Waals surface area contributed by atoms with E-state index < -0.39 is 28.6 Å². The molecule has 1 aromatic carbocycles. The normalized spacial score (nSPS) is 11.6. The summed E-state index contributed by atoms with van der Waals surface area (Å²) in [5, 5.41) is 2.92. The molecule has 1 unspecified atom stereocenters. The predicted molar refractivity (Wildman–Crippen MR) is 123 cm³/mol. The van der Waals surface area contributed by atoms with Gasteiger partial charge in [-0.3, -0.25) is 19.8 Å². The van der Waals surface area contributed by atoms with E-state index in [0.29, 0.717) is 20.5 Å². The molecule has 8 nitrogen and oxygen atoms in total. The number of nitrogens with one attached hydrogen (secondary N) is 2. The third kappa shape index (κ3) is 7.01. The fourth-order valence-corrected chi connectivity index (χ4v) is 3.76. The zero-order valence-corrected chi connectivity index (χ0v) is 19.2. The van der Waals surface area contributed by atoms with Crippen LogP contribution in [0.1, 0.15) is 41.6 Å². The summed E-state index contributed by atoms with van der Waals surface area (Å²) in [4.78, 5) is 33.4. The van der Waals surface area contributed by atoms with Crippen molar-refractivity contribution in [1.29, 1.82) is 0 Å². The number of hydrogen-bond donors (Lipinski definition) is 2. The minimum Gasteiger partial charge on any atom is -0.444 e. The van der Waals surface area contributed by atoms with E-state index in [1.54, 1.807) is 57.2 Å². The third-order valence-corrected chi connectivity index (χ3v) is 5.49. The van der Waals surface area contributed by atoms with Crippen LogP contribution >= 0.6 is 11.3 Å². The van der Waals surface area contributed by atoms with Gasteiger partial charge in [-0.05, 0) is 44.9 Å². The van der Waals surface area contributed by atoms with Crippen molar-refractivity contribution >= 4 is 39.5 Å². The number of pyridine rings is 1. The summed E-state index contributed by atoms with van der Waals surface area (Å²) in [6, 6.07) is 10.2. The Balaban J connectivity index is 1.65. The molecule has 1 atom stereocenters. The molecule has 0 bridgehead atoms. The molecule has 2 amide bonds. The number of anilines is 1. The van der Waals surface area contributed by atoms with Crippen LogP contribution in [0.15, 0.2) is 59.9 Å². The molecule has 0 fully saturated rings. The standard InChI is InChI=1S/C22H20N4O4S2/c1-22(2,3)30-21(28)25-20-24-14-17(31-20)10-9-15-11-16(13-23-12-15)19(27)26-32(29)18-7-5-4-6-8-18/h4-8,11-14H,1-3H3,(H,26,27)(H,24,25,28). The average Bonchev–Trinajstić information content (AvgIpc) is 3.18. The van der Waals surface area contributed by atoms with Crippen LogP contribution in [0, 0.1) is 11.8 Å². The van der Waals surface area contributed by atoms with Crippen LogP contribution in [0.5, 0.6) is 0 Å². The van der Waals surface area contributed by atoms with Crippen LogP contribution in [0.4, 0.5) is 9.93 Å². The minimum absolute atomic E-state index is 0.234. The molecule has 3 aromatic rings. The average molecular weight is 469 g/mol. The third-order valence-electron chi connectivity index (χ3n) is 3.59. The van der Waals surface area contributed by atoms with Gasteiger partial charge in [0.05, 0.1) is 21.5 Å². The number of carbonyl (C=O) groups excluding carboxylic acids is 2. The van der Waals surface area contributed by atoms with Crippen LogP contribution in [-0.4, -0.2) is 31.8 Å². The second-order valence-corrected chi connectivity index (χ2v) is 9.63. The molecule has 2 heterocycles. The fraction of sp³-hybridized carbons (Fsp3) is 0.182. The molecule has 0 radical (unpaired) electrons. The molecule has 0 aliphatic heterocycles. The first-order valence-corrected chi connectivity index (χ1v) is 11.4. The van der Waals surface area contributed by atoms with Crippen molar-refractivity contribution in [2.24, 2.45) is 0 Å². The summed E-state index contributed by atoms with van der Waals surface area (Å²) < 4.78 is 19.9. The molecule has 0 saturated carbocycles. The number of amides is 2. The number of rotatable bonds is 4. The molecule has 0 spiro atoms. The molecule has 3 rings (SSSR count). The van der Waals surface area contributed by atoms with Crippen LogP contribution in [-0.2, 0) is 15.7 Å². The Morgan fingerprint density at radius 3 is 2.56 bits per heavy atom. The number of nitrogens with zero attached hydrogens (tertiary/aromatic N) is 2. The molecular formula is C22H20N4O4S2. The Hall–Kier alpha value is -3.55. The Morgan fingerprint density at radius 2 is 1.84 bits per heavy atom. The highest BCUT2D eigenvalue weighted by molar-refractivity contribution is 7.83. The minimum atomic E-state index is -1.68. The summed E-state index contributed by atoms with van der Waals surface area (Å²) in [5.41, 5.74) is 0.123. The molecule has 2 aromatic heterocycles. The summed E-state index contributed by atoms with van der Waals surface area (Å²) in [7, 11) is -1.68. The lowest BCUT2D eigenvalue weighted by molar-refractivity contribution is 0.0635. The van der Waals surface area contributed by atoms with E-state index in [1.165, 1.54) is 29.9 Å². The molecular weight excluding hydrogens is 448 g/mol. The van der Waals surface area contributed by atoms with Crippen molar-refractivity contribution in [2.75, 3.05) is 5.32 Å². The van der Waals surface area contributed by atoms with Gasteiger partial charge >= 0.3 is 6.09 Å². The van der Waals surface area contributed by atoms with Crippen molar-refractivity contribution in [1.82, 2.24) is 14.7 Å². The van der Waals surface area contributed by atoms with Gasteiger partial charge in [0.15, 0.2) is 16.1 Å². The van der Waals surface area contributed by atoms with Gasteiger partial charge in [0.2, 0.25) is 0 Å². The van der Waals surface area contributed by atoms with Gasteiger partial charge in [-0.1, -0.05) is 35.5 Å². The number of ether oxygens (including phenoxy) is 1. The lowest BCUT2D eigenvalue weighted by Crippen LogP contribution is -2.27. The van der Waals surface area contributed by atoms with E-state index in [9.17, 15) is 13.8 Å². The van der Waals surface area contributed by atoms with Gasteiger partial charge in [-0.2, -0.15) is 0 Å². The SMILES string of the molecule is CC(C)(C)OC(=O)Nc1ncc(C#Cc2cncc(C(=O)NS(=O)c3ccccc3)c2)s1. The summed E-state index contributed by atoms with van der Waals surface area (Å²) in [6.07, 6.45) is 3.82. The Labute approximate surface area is 192 Å². The van der Waals surface area contributed by atoms with Crippen LogP contribution in [0.2, 0.25) is 0 Å². The molecule has 0 aliphatic carbocycles. The van der Waals surface area contributed by atoms with E-state index in [4.69, 9.17) is 4.74 Å². The van der Waals surface area contributed by atoms with Crippen LogP contribution in [0.3, 0.4) is 0 Å². The Morgan fingerprint density at radius 1 is 1.09 bits per heavy atom. The molecule has 32 heavy (non-hydrogen) atoms. The van der Waals surface area contributed by atoms with Crippen molar-refractivity contribution in [3.63, 3.8) is 0 Å². The number of aromatic nitrogens is 2. The number of carbonyl (C=O) groups is 2. The van der Waals surface area contributed by atoms with E-state index >= 15 is 0 Å². The first-order chi connectivity index (χ1) is 15.2. The number of thiazole rings is 1. The van der Waals surface area contributed by atoms with Crippen molar-refractivity contribution < 1.29 is 18.5 Å². The predicted octanol–water partition coefficient (Wildman–Crippen LogP) is 3.74. The highest BCUT2D eigenvalue weighted by Crippen LogP contribution is 2.18. The number of hydrogen-bond acceptors (Lipinski definition) is 7. The lowest BCUT2D eigenvalue weighted by atomic mass is 10.2. The second kappa shape index (κ2) is 10.2. The van der Waals surface area contributed by atoms with E-state index in [2.05, 4.69) is 31.8 Å². The quantitative estimate of drug-likeness (QED) is 0.565. The molecule has 164 valence electrons. The van der Waals surface area contributed by atoms with E-state index in [1.807, 2.05) is 0 Å². The fourth-order valence-electron chi connectivity index (χ4n) is 2.29. The first kappa shape index (κ1) is 23.1. The zero-order chi connectivity index (χ0) is 23.1.